The van der Waals surface area contributed by atoms with Gasteiger partial charge in [0.1, 0.15) is 5.84 Å². The molecular weight excluding hydrogens is 402 g/mol. The molecule has 7 heteroatoms. The van der Waals surface area contributed by atoms with E-state index in [9.17, 15) is 4.79 Å². The van der Waals surface area contributed by atoms with Gasteiger partial charge in [-0.1, -0.05) is 50.9 Å². The fourth-order valence-corrected chi connectivity index (χ4v) is 3.17. The Bertz CT molecular complexity index is 513. The van der Waals surface area contributed by atoms with Gasteiger partial charge in [0.15, 0.2) is 0 Å². The summed E-state index contributed by atoms with van der Waals surface area (Å²) < 4.78 is 1.67. The van der Waals surface area contributed by atoms with E-state index < -0.39 is 0 Å². The number of oxime groups is 1. The van der Waals surface area contributed by atoms with Gasteiger partial charge < -0.3 is 15.8 Å². The van der Waals surface area contributed by atoms with E-state index >= 15 is 0 Å². The van der Waals surface area contributed by atoms with Crippen molar-refractivity contribution in [3.8, 4) is 0 Å². The Morgan fingerprint density at radius 2 is 1.90 bits per heavy atom. The fraction of sp³-hybridized carbons (Fsp3) is 0.429. The first-order chi connectivity index (χ1) is 9.83. The molecular formula is C14H19Br2N3O2. The highest BCUT2D eigenvalue weighted by atomic mass is 79.9. The second-order valence-corrected chi connectivity index (χ2v) is 6.98. The van der Waals surface area contributed by atoms with Gasteiger partial charge in [-0.2, -0.15) is 0 Å². The van der Waals surface area contributed by atoms with E-state index in [1.54, 1.807) is 17.0 Å². The van der Waals surface area contributed by atoms with Gasteiger partial charge in [0.2, 0.25) is 0 Å². The van der Waals surface area contributed by atoms with E-state index in [-0.39, 0.29) is 11.7 Å². The largest absolute Gasteiger partial charge is 0.409 e. The zero-order chi connectivity index (χ0) is 16.0. The summed E-state index contributed by atoms with van der Waals surface area (Å²) in [7, 11) is 0. The van der Waals surface area contributed by atoms with Crippen molar-refractivity contribution in [2.75, 3.05) is 13.1 Å². The van der Waals surface area contributed by atoms with E-state index in [2.05, 4.69) is 37.0 Å². The predicted molar refractivity (Wildman–Crippen MR) is 90.6 cm³/mol. The Morgan fingerprint density at radius 3 is 2.38 bits per heavy atom. The highest BCUT2D eigenvalue weighted by Crippen LogP contribution is 2.21. The van der Waals surface area contributed by atoms with Crippen molar-refractivity contribution >= 4 is 43.6 Å². The number of nitrogens with two attached hydrogens (primary N) is 1. The van der Waals surface area contributed by atoms with Crippen molar-refractivity contribution in [3.05, 3.63) is 32.7 Å². The topological polar surface area (TPSA) is 78.9 Å². The number of amides is 1. The summed E-state index contributed by atoms with van der Waals surface area (Å²) in [6, 6.07) is 5.44. The molecule has 1 rings (SSSR count). The summed E-state index contributed by atoms with van der Waals surface area (Å²) in [6.45, 7) is 5.11. The van der Waals surface area contributed by atoms with Gasteiger partial charge in [-0.05, 0) is 24.1 Å². The Balaban J connectivity index is 2.93. The molecule has 3 N–H and O–H groups in total. The molecule has 0 saturated heterocycles. The molecule has 1 amide bonds. The number of benzene rings is 1. The molecule has 0 unspecified atom stereocenters. The van der Waals surface area contributed by atoms with Crippen LogP contribution < -0.4 is 5.73 Å². The molecule has 0 heterocycles. The zero-order valence-electron chi connectivity index (χ0n) is 12.0. The third-order valence-corrected chi connectivity index (χ3v) is 3.66. The van der Waals surface area contributed by atoms with Gasteiger partial charge >= 0.3 is 0 Å². The third kappa shape index (κ3) is 6.05. The zero-order valence-corrected chi connectivity index (χ0v) is 15.2. The van der Waals surface area contributed by atoms with Crippen LogP contribution in [0.4, 0.5) is 0 Å². The number of halogens is 2. The second kappa shape index (κ2) is 8.38. The molecule has 116 valence electrons. The number of amidine groups is 1. The number of hydrogen-bond donors (Lipinski definition) is 2. The van der Waals surface area contributed by atoms with Crippen LogP contribution >= 0.6 is 31.9 Å². The molecule has 0 radical (unpaired) electrons. The number of carbonyl (C=O) groups excluding carboxylic acids is 1. The number of nitrogens with zero attached hydrogens (tertiary/aromatic N) is 2. The summed E-state index contributed by atoms with van der Waals surface area (Å²) in [5.74, 6) is 0.375. The molecule has 0 fully saturated rings. The molecule has 5 nitrogen and oxygen atoms in total. The molecule has 1 aromatic rings. The minimum absolute atomic E-state index is 0.0727. The van der Waals surface area contributed by atoms with Crippen LogP contribution in [-0.2, 0) is 0 Å². The quantitative estimate of drug-likeness (QED) is 0.320. The maximum atomic E-state index is 12.6. The molecule has 0 aromatic heterocycles. The average molecular weight is 421 g/mol. The van der Waals surface area contributed by atoms with Crippen molar-refractivity contribution < 1.29 is 10.0 Å². The van der Waals surface area contributed by atoms with Crippen molar-refractivity contribution in [2.45, 2.75) is 20.3 Å². The lowest BCUT2D eigenvalue weighted by atomic mass is 10.1. The molecule has 0 saturated carbocycles. The summed E-state index contributed by atoms with van der Waals surface area (Å²) in [5.41, 5.74) is 6.08. The third-order valence-electron chi connectivity index (χ3n) is 2.75. The van der Waals surface area contributed by atoms with E-state index in [0.29, 0.717) is 31.0 Å². The predicted octanol–water partition coefficient (Wildman–Crippen LogP) is 3.45. The second-order valence-electron chi connectivity index (χ2n) is 5.14. The summed E-state index contributed by atoms with van der Waals surface area (Å²) in [6.07, 6.45) is 0.337. The first kappa shape index (κ1) is 18.0. The fourth-order valence-electron chi connectivity index (χ4n) is 1.88. The molecule has 1 aromatic carbocycles. The highest BCUT2D eigenvalue weighted by molar-refractivity contribution is 9.11. The molecule has 0 atom stereocenters. The lowest BCUT2D eigenvalue weighted by Gasteiger charge is -2.24. The van der Waals surface area contributed by atoms with Crippen LogP contribution in [0.15, 0.2) is 32.3 Å². The normalized spacial score (nSPS) is 11.8. The van der Waals surface area contributed by atoms with Gasteiger partial charge in [-0.3, -0.25) is 4.79 Å². The van der Waals surface area contributed by atoms with Crippen LogP contribution in [0.1, 0.15) is 30.6 Å². The van der Waals surface area contributed by atoms with E-state index in [0.717, 1.165) is 8.95 Å². The maximum Gasteiger partial charge on any atom is 0.253 e. The molecule has 0 aliphatic carbocycles. The van der Waals surface area contributed by atoms with Crippen molar-refractivity contribution in [3.63, 3.8) is 0 Å². The van der Waals surface area contributed by atoms with Gasteiger partial charge in [-0.15, -0.1) is 0 Å². The minimum Gasteiger partial charge on any atom is -0.409 e. The Kier molecular flexibility index (Phi) is 7.17. The molecule has 0 aliphatic heterocycles. The monoisotopic (exact) mass is 419 g/mol. The number of rotatable bonds is 6. The van der Waals surface area contributed by atoms with Crippen molar-refractivity contribution in [1.82, 2.24) is 4.90 Å². The Labute approximate surface area is 141 Å². The van der Waals surface area contributed by atoms with Crippen LogP contribution in [0.3, 0.4) is 0 Å². The minimum atomic E-state index is -0.0727. The summed E-state index contributed by atoms with van der Waals surface area (Å²) in [4.78, 5) is 14.3. The van der Waals surface area contributed by atoms with Gasteiger partial charge in [-0.25, -0.2) is 0 Å². The lowest BCUT2D eigenvalue weighted by Crippen LogP contribution is -2.36. The van der Waals surface area contributed by atoms with Crippen LogP contribution in [0, 0.1) is 5.92 Å². The van der Waals surface area contributed by atoms with Gasteiger partial charge in [0.05, 0.1) is 0 Å². The summed E-state index contributed by atoms with van der Waals surface area (Å²) >= 11 is 6.76. The van der Waals surface area contributed by atoms with Gasteiger partial charge in [0.25, 0.3) is 5.91 Å². The van der Waals surface area contributed by atoms with E-state index in [1.165, 1.54) is 0 Å². The van der Waals surface area contributed by atoms with Crippen LogP contribution in [0.25, 0.3) is 0 Å². The van der Waals surface area contributed by atoms with Crippen LogP contribution in [0.2, 0.25) is 0 Å². The molecule has 0 bridgehead atoms. The lowest BCUT2D eigenvalue weighted by molar-refractivity contribution is 0.0740. The maximum absolute atomic E-state index is 12.6. The van der Waals surface area contributed by atoms with Crippen LogP contribution in [0.5, 0.6) is 0 Å². The van der Waals surface area contributed by atoms with E-state index in [1.807, 2.05) is 19.9 Å². The standard InChI is InChI=1S/C14H19Br2N3O2/c1-9(2)8-19(4-3-13(17)18-21)14(20)10-5-11(15)7-12(16)6-10/h5-7,9,21H,3-4,8H2,1-2H3,(H2,17,18). The highest BCUT2D eigenvalue weighted by Gasteiger charge is 2.18. The first-order valence-corrected chi connectivity index (χ1v) is 8.13. The molecule has 0 aliphatic rings. The van der Waals surface area contributed by atoms with Crippen LogP contribution in [-0.4, -0.2) is 34.9 Å². The van der Waals surface area contributed by atoms with Crippen molar-refractivity contribution in [2.24, 2.45) is 16.8 Å². The smallest absolute Gasteiger partial charge is 0.253 e. The first-order valence-electron chi connectivity index (χ1n) is 6.55. The van der Waals surface area contributed by atoms with E-state index in [4.69, 9.17) is 10.9 Å². The SMILES string of the molecule is CC(C)CN(CC/C(N)=N/O)C(=O)c1cc(Br)cc(Br)c1. The average Bonchev–Trinajstić information content (AvgIpc) is 2.40. The Hall–Kier alpha value is -1.08. The molecule has 0 spiro atoms. The van der Waals surface area contributed by atoms with Gasteiger partial charge in [0, 0.05) is 34.0 Å². The summed E-state index contributed by atoms with van der Waals surface area (Å²) in [5, 5.41) is 11.5. The molecule has 21 heavy (non-hydrogen) atoms. The van der Waals surface area contributed by atoms with Crippen molar-refractivity contribution in [1.29, 1.82) is 0 Å². The number of hydrogen-bond acceptors (Lipinski definition) is 3. The number of carbonyl (C=O) groups is 1. The Morgan fingerprint density at radius 1 is 1.33 bits per heavy atom.